The summed E-state index contributed by atoms with van der Waals surface area (Å²) in [5.41, 5.74) is 2.88. The number of benzene rings is 3. The normalized spacial score (nSPS) is 28.4. The van der Waals surface area contributed by atoms with E-state index >= 15 is 0 Å². The van der Waals surface area contributed by atoms with Crippen molar-refractivity contribution in [2.75, 3.05) is 17.2 Å². The first-order chi connectivity index (χ1) is 20.2. The SMILES string of the molecule is Cc1cccc(Cl)c1NC(=O)C1N([C@@H](CO)Cc2ccccc2)C(=O)[C@@H]2[C@@H](C(=O)Nc3ccccc3)[C@@H]3SC12CC3Br. The fraction of sp³-hybridized carbons (Fsp3) is 0.344. The molecule has 0 aromatic heterocycles. The summed E-state index contributed by atoms with van der Waals surface area (Å²) in [7, 11) is 0. The van der Waals surface area contributed by atoms with Crippen molar-refractivity contribution >= 4 is 68.4 Å². The minimum absolute atomic E-state index is 0.0722. The fourth-order valence-electron chi connectivity index (χ4n) is 6.93. The fourth-order valence-corrected chi connectivity index (χ4v) is 10.8. The molecule has 6 rings (SSSR count). The van der Waals surface area contributed by atoms with Gasteiger partial charge in [0.15, 0.2) is 0 Å². The number of carbonyl (C=O) groups excluding carboxylic acids is 3. The van der Waals surface area contributed by atoms with Crippen molar-refractivity contribution in [1.29, 1.82) is 0 Å². The standard InChI is InChI=1S/C32H31BrClN3O4S/c1-18-9-8-14-23(34)26(18)36-30(40)28-32-16-22(33)27(42-32)24(29(39)35-20-12-6-3-7-13-20)25(32)31(41)37(28)21(17-38)15-19-10-4-2-5-11-19/h2-14,21-22,24-25,27-28,38H,15-17H2,1H3,(H,35,39)(H,36,40)/t21-,22?,24-,25+,27-,28?,32?/m1/s1. The summed E-state index contributed by atoms with van der Waals surface area (Å²) in [6, 6.07) is 22.6. The zero-order valence-corrected chi connectivity index (χ0v) is 26.0. The first kappa shape index (κ1) is 29.2. The van der Waals surface area contributed by atoms with Crippen LogP contribution in [0.3, 0.4) is 0 Å². The molecule has 42 heavy (non-hydrogen) atoms. The van der Waals surface area contributed by atoms with E-state index in [9.17, 15) is 19.5 Å². The Kier molecular flexibility index (Phi) is 8.13. The van der Waals surface area contributed by atoms with Gasteiger partial charge in [0.25, 0.3) is 0 Å². The van der Waals surface area contributed by atoms with Crippen molar-refractivity contribution in [3.63, 3.8) is 0 Å². The van der Waals surface area contributed by atoms with Crippen molar-refractivity contribution in [1.82, 2.24) is 4.90 Å². The number of nitrogens with one attached hydrogen (secondary N) is 2. The highest BCUT2D eigenvalue weighted by atomic mass is 79.9. The molecule has 3 aliphatic rings. The molecule has 7 nitrogen and oxygen atoms in total. The maximum Gasteiger partial charge on any atom is 0.248 e. The third-order valence-electron chi connectivity index (χ3n) is 8.71. The first-order valence-electron chi connectivity index (χ1n) is 14.0. The van der Waals surface area contributed by atoms with Gasteiger partial charge < -0.3 is 20.6 Å². The molecule has 0 aliphatic carbocycles. The molecule has 3 heterocycles. The monoisotopic (exact) mass is 667 g/mol. The number of aryl methyl sites for hydroxylation is 1. The lowest BCUT2D eigenvalue weighted by Gasteiger charge is -2.37. The van der Waals surface area contributed by atoms with Crippen molar-refractivity contribution in [2.45, 2.75) is 46.7 Å². The molecule has 2 bridgehead atoms. The van der Waals surface area contributed by atoms with Crippen molar-refractivity contribution in [3.05, 3.63) is 95.0 Å². The Morgan fingerprint density at radius 1 is 1.05 bits per heavy atom. The summed E-state index contributed by atoms with van der Waals surface area (Å²) in [6.07, 6.45) is 0.904. The number of likely N-dealkylation sites (tertiary alicyclic amines) is 1. The van der Waals surface area contributed by atoms with Gasteiger partial charge in [0.1, 0.15) is 6.04 Å². The number of alkyl halides is 1. The van der Waals surface area contributed by atoms with Crippen LogP contribution in [-0.4, -0.2) is 61.2 Å². The van der Waals surface area contributed by atoms with Crippen molar-refractivity contribution in [2.24, 2.45) is 11.8 Å². The van der Waals surface area contributed by atoms with E-state index in [0.29, 0.717) is 29.2 Å². The summed E-state index contributed by atoms with van der Waals surface area (Å²) in [5, 5.41) is 16.9. The van der Waals surface area contributed by atoms with Crippen LogP contribution in [-0.2, 0) is 20.8 Å². The van der Waals surface area contributed by atoms with E-state index in [0.717, 1.165) is 11.1 Å². The van der Waals surface area contributed by atoms with Crippen LogP contribution in [0.15, 0.2) is 78.9 Å². The molecule has 3 aromatic rings. The van der Waals surface area contributed by atoms with Crippen LogP contribution in [0.25, 0.3) is 0 Å². The van der Waals surface area contributed by atoms with Crippen LogP contribution in [0.2, 0.25) is 5.02 Å². The minimum Gasteiger partial charge on any atom is -0.394 e. The number of nitrogens with zero attached hydrogens (tertiary/aromatic N) is 1. The molecule has 3 amide bonds. The molecular weight excluding hydrogens is 638 g/mol. The van der Waals surface area contributed by atoms with Crippen LogP contribution in [0.4, 0.5) is 11.4 Å². The van der Waals surface area contributed by atoms with E-state index in [4.69, 9.17) is 11.6 Å². The second-order valence-corrected chi connectivity index (χ2v) is 14.3. The Hall–Kier alpha value is -2.85. The summed E-state index contributed by atoms with van der Waals surface area (Å²) >= 11 is 11.9. The molecule has 7 atom stereocenters. The highest BCUT2D eigenvalue weighted by Gasteiger charge is 2.76. The average Bonchev–Trinajstić information content (AvgIpc) is 3.58. The third-order valence-corrected chi connectivity index (χ3v) is 12.2. The molecule has 1 spiro atoms. The van der Waals surface area contributed by atoms with E-state index in [2.05, 4.69) is 26.6 Å². The van der Waals surface area contributed by atoms with Crippen LogP contribution in [0, 0.1) is 18.8 Å². The minimum atomic E-state index is -0.920. The number of para-hydroxylation sites is 2. The summed E-state index contributed by atoms with van der Waals surface area (Å²) in [6.45, 7) is 1.53. The summed E-state index contributed by atoms with van der Waals surface area (Å²) in [5.74, 6) is -2.26. The number of rotatable bonds is 8. The lowest BCUT2D eigenvalue weighted by molar-refractivity contribution is -0.141. The summed E-state index contributed by atoms with van der Waals surface area (Å²) in [4.78, 5) is 44.2. The molecule has 3 aromatic carbocycles. The van der Waals surface area contributed by atoms with Crippen LogP contribution < -0.4 is 10.6 Å². The van der Waals surface area contributed by atoms with Crippen LogP contribution in [0.1, 0.15) is 17.5 Å². The van der Waals surface area contributed by atoms with Crippen LogP contribution >= 0.6 is 39.3 Å². The highest BCUT2D eigenvalue weighted by Crippen LogP contribution is 2.68. The molecule has 3 N–H and O–H groups in total. The van der Waals surface area contributed by atoms with Crippen molar-refractivity contribution < 1.29 is 19.5 Å². The van der Waals surface area contributed by atoms with Gasteiger partial charge in [-0.05, 0) is 49.1 Å². The lowest BCUT2D eigenvalue weighted by atomic mass is 9.70. The van der Waals surface area contributed by atoms with E-state index < -0.39 is 28.7 Å². The number of thioether (sulfide) groups is 1. The van der Waals surface area contributed by atoms with Gasteiger partial charge in [0.05, 0.1) is 39.9 Å². The third kappa shape index (κ3) is 4.94. The molecule has 218 valence electrons. The van der Waals surface area contributed by atoms with Gasteiger partial charge in [-0.15, -0.1) is 11.8 Å². The molecule has 3 fully saturated rings. The first-order valence-corrected chi connectivity index (χ1v) is 16.1. The number of aliphatic hydroxyl groups excluding tert-OH is 1. The second-order valence-electron chi connectivity index (χ2n) is 11.2. The Labute approximate surface area is 262 Å². The van der Waals surface area contributed by atoms with Gasteiger partial charge in [-0.25, -0.2) is 0 Å². The number of hydrogen-bond acceptors (Lipinski definition) is 5. The molecule has 0 radical (unpaired) electrons. The number of aliphatic hydroxyl groups is 1. The maximum atomic E-state index is 14.5. The molecular formula is C32H31BrClN3O4S. The van der Waals surface area contributed by atoms with E-state index in [1.54, 1.807) is 22.7 Å². The quantitative estimate of drug-likeness (QED) is 0.284. The van der Waals surface area contributed by atoms with Crippen molar-refractivity contribution in [3.8, 4) is 0 Å². The smallest absolute Gasteiger partial charge is 0.248 e. The van der Waals surface area contributed by atoms with Gasteiger partial charge in [-0.1, -0.05) is 88.2 Å². The average molecular weight is 669 g/mol. The molecule has 3 saturated heterocycles. The molecule has 0 saturated carbocycles. The Morgan fingerprint density at radius 3 is 2.40 bits per heavy atom. The van der Waals surface area contributed by atoms with E-state index in [1.165, 1.54) is 0 Å². The number of carbonyl (C=O) groups is 3. The Balaban J connectivity index is 1.41. The zero-order valence-electron chi connectivity index (χ0n) is 22.9. The summed E-state index contributed by atoms with van der Waals surface area (Å²) < 4.78 is -0.863. The number of hydrogen-bond donors (Lipinski definition) is 3. The number of amides is 3. The number of fused-ring (bicyclic) bond motifs is 1. The second kappa shape index (κ2) is 11.7. The molecule has 3 unspecified atom stereocenters. The number of anilines is 2. The van der Waals surface area contributed by atoms with Gasteiger partial charge in [-0.3, -0.25) is 14.4 Å². The van der Waals surface area contributed by atoms with Gasteiger partial charge >= 0.3 is 0 Å². The topological polar surface area (TPSA) is 98.7 Å². The number of halogens is 2. The predicted octanol–water partition coefficient (Wildman–Crippen LogP) is 5.29. The Morgan fingerprint density at radius 2 is 1.74 bits per heavy atom. The predicted molar refractivity (Wildman–Crippen MR) is 170 cm³/mol. The maximum absolute atomic E-state index is 14.5. The van der Waals surface area contributed by atoms with Gasteiger partial charge in [-0.2, -0.15) is 0 Å². The van der Waals surface area contributed by atoms with Gasteiger partial charge in [0, 0.05) is 15.8 Å². The Bertz CT molecular complexity index is 1490. The largest absolute Gasteiger partial charge is 0.394 e. The van der Waals surface area contributed by atoms with Crippen LogP contribution in [0.5, 0.6) is 0 Å². The van der Waals surface area contributed by atoms with E-state index in [-0.39, 0.29) is 34.4 Å². The highest BCUT2D eigenvalue weighted by molar-refractivity contribution is 9.09. The molecule has 3 aliphatic heterocycles. The lowest BCUT2D eigenvalue weighted by Crippen LogP contribution is -2.55. The van der Waals surface area contributed by atoms with E-state index in [1.807, 2.05) is 79.7 Å². The van der Waals surface area contributed by atoms with Gasteiger partial charge in [0.2, 0.25) is 17.7 Å². The molecule has 10 heteroatoms. The zero-order chi connectivity index (χ0) is 29.6.